The average molecular weight is 291 g/mol. The molecule has 0 bridgehead atoms. The van der Waals surface area contributed by atoms with Crippen LogP contribution in [-0.2, 0) is 9.59 Å². The van der Waals surface area contributed by atoms with Gasteiger partial charge in [0.2, 0.25) is 5.91 Å². The average Bonchev–Trinajstić information content (AvgIpc) is 3.24. The number of carbonyl (C=O) groups is 2. The lowest BCUT2D eigenvalue weighted by Crippen LogP contribution is -2.40. The van der Waals surface area contributed by atoms with E-state index in [9.17, 15) is 19.1 Å². The molecule has 112 valence electrons. The van der Waals surface area contributed by atoms with E-state index in [1.54, 1.807) is 17.0 Å². The second-order valence-electron chi connectivity index (χ2n) is 5.87. The fourth-order valence-electron chi connectivity index (χ4n) is 3.23. The predicted molar refractivity (Wildman–Crippen MR) is 74.0 cm³/mol. The Morgan fingerprint density at radius 1 is 1.29 bits per heavy atom. The number of benzene rings is 1. The molecule has 1 aromatic carbocycles. The second kappa shape index (κ2) is 5.47. The van der Waals surface area contributed by atoms with E-state index in [1.165, 1.54) is 12.1 Å². The first-order valence-corrected chi connectivity index (χ1v) is 7.37. The zero-order valence-corrected chi connectivity index (χ0v) is 11.7. The summed E-state index contributed by atoms with van der Waals surface area (Å²) in [6.45, 7) is 0. The van der Waals surface area contributed by atoms with E-state index in [0.717, 1.165) is 12.8 Å². The summed E-state index contributed by atoms with van der Waals surface area (Å²) >= 11 is 0. The first-order valence-electron chi connectivity index (χ1n) is 7.37. The lowest BCUT2D eigenvalue weighted by molar-refractivity contribution is -0.146. The van der Waals surface area contributed by atoms with Crippen LogP contribution in [0.4, 0.5) is 4.39 Å². The third-order valence-corrected chi connectivity index (χ3v) is 4.32. The summed E-state index contributed by atoms with van der Waals surface area (Å²) in [5, 5.41) is 9.54. The molecule has 1 N–H and O–H groups in total. The quantitative estimate of drug-likeness (QED) is 0.931. The molecule has 1 aliphatic heterocycles. The van der Waals surface area contributed by atoms with Crippen LogP contribution in [0.3, 0.4) is 0 Å². The van der Waals surface area contributed by atoms with Gasteiger partial charge in [-0.3, -0.25) is 9.59 Å². The predicted octanol–water partition coefficient (Wildman–Crippen LogP) is 2.74. The van der Waals surface area contributed by atoms with Crippen molar-refractivity contribution >= 4 is 11.9 Å². The summed E-state index contributed by atoms with van der Waals surface area (Å²) in [5.74, 6) is -1.98. The van der Waals surface area contributed by atoms with Crippen molar-refractivity contribution in [3.63, 3.8) is 0 Å². The minimum atomic E-state index is -0.912. The minimum absolute atomic E-state index is 0.00416. The molecule has 2 unspecified atom stereocenters. The number of nitrogens with zero attached hydrogens (tertiary/aromatic N) is 1. The molecule has 2 aliphatic rings. The van der Waals surface area contributed by atoms with Gasteiger partial charge in [0.15, 0.2) is 0 Å². The maximum absolute atomic E-state index is 13.5. The number of halogens is 1. The maximum atomic E-state index is 13.5. The number of amides is 1. The van der Waals surface area contributed by atoms with Crippen LogP contribution in [0.25, 0.3) is 0 Å². The number of hydrogen-bond donors (Lipinski definition) is 1. The third kappa shape index (κ3) is 2.77. The van der Waals surface area contributed by atoms with Crippen LogP contribution in [0.5, 0.6) is 0 Å². The van der Waals surface area contributed by atoms with E-state index in [2.05, 4.69) is 0 Å². The molecule has 1 aliphatic carbocycles. The van der Waals surface area contributed by atoms with Crippen molar-refractivity contribution in [2.45, 2.75) is 44.2 Å². The van der Waals surface area contributed by atoms with E-state index in [4.69, 9.17) is 0 Å². The Morgan fingerprint density at radius 3 is 2.67 bits per heavy atom. The van der Waals surface area contributed by atoms with E-state index in [-0.39, 0.29) is 11.9 Å². The minimum Gasteiger partial charge on any atom is -0.481 e. The van der Waals surface area contributed by atoms with Gasteiger partial charge < -0.3 is 10.0 Å². The zero-order valence-electron chi connectivity index (χ0n) is 11.7. The fourth-order valence-corrected chi connectivity index (χ4v) is 3.23. The van der Waals surface area contributed by atoms with Crippen LogP contribution in [0.2, 0.25) is 0 Å². The van der Waals surface area contributed by atoms with Crippen LogP contribution in [0.1, 0.15) is 43.7 Å². The normalized spacial score (nSPS) is 26.5. The lowest BCUT2D eigenvalue weighted by atomic mass is 9.89. The summed E-state index contributed by atoms with van der Waals surface area (Å²) in [4.78, 5) is 25.7. The molecule has 0 aromatic heterocycles. The van der Waals surface area contributed by atoms with Gasteiger partial charge in [0.25, 0.3) is 0 Å². The number of aliphatic carboxylic acids is 1. The van der Waals surface area contributed by atoms with Gasteiger partial charge in [0.1, 0.15) is 5.82 Å². The number of rotatable bonds is 3. The van der Waals surface area contributed by atoms with E-state index < -0.39 is 23.7 Å². The van der Waals surface area contributed by atoms with E-state index in [0.29, 0.717) is 24.8 Å². The zero-order chi connectivity index (χ0) is 15.0. The van der Waals surface area contributed by atoms with Gasteiger partial charge in [0, 0.05) is 12.5 Å². The Balaban J connectivity index is 2.05. The molecular formula is C16H18FNO3. The summed E-state index contributed by atoms with van der Waals surface area (Å²) in [6, 6.07) is 5.54. The SMILES string of the molecule is O=C(O)C1CCCC(=O)N(C2CC2)C1c1cccc(F)c1. The van der Waals surface area contributed by atoms with Crippen LogP contribution < -0.4 is 0 Å². The highest BCUT2D eigenvalue weighted by Gasteiger charge is 2.44. The number of carbonyl (C=O) groups excluding carboxylic acids is 1. The highest BCUT2D eigenvalue weighted by molar-refractivity contribution is 5.80. The van der Waals surface area contributed by atoms with Gasteiger partial charge in [-0.15, -0.1) is 0 Å². The molecular weight excluding hydrogens is 273 g/mol. The van der Waals surface area contributed by atoms with Gasteiger partial charge in [0.05, 0.1) is 12.0 Å². The number of likely N-dealkylation sites (tertiary alicyclic amines) is 1. The molecule has 0 radical (unpaired) electrons. The van der Waals surface area contributed by atoms with Crippen molar-refractivity contribution in [3.8, 4) is 0 Å². The molecule has 2 atom stereocenters. The number of carboxylic acids is 1. The maximum Gasteiger partial charge on any atom is 0.308 e. The molecule has 0 spiro atoms. The van der Waals surface area contributed by atoms with E-state index >= 15 is 0 Å². The molecule has 4 nitrogen and oxygen atoms in total. The molecule has 1 heterocycles. The lowest BCUT2D eigenvalue weighted by Gasteiger charge is -2.34. The topological polar surface area (TPSA) is 57.6 Å². The highest BCUT2D eigenvalue weighted by atomic mass is 19.1. The molecule has 21 heavy (non-hydrogen) atoms. The Bertz CT molecular complexity index is 570. The Labute approximate surface area is 122 Å². The van der Waals surface area contributed by atoms with Crippen molar-refractivity contribution in [1.29, 1.82) is 0 Å². The molecule has 1 saturated heterocycles. The van der Waals surface area contributed by atoms with Crippen molar-refractivity contribution in [2.75, 3.05) is 0 Å². The van der Waals surface area contributed by atoms with Crippen LogP contribution >= 0.6 is 0 Å². The molecule has 2 fully saturated rings. The smallest absolute Gasteiger partial charge is 0.308 e. The van der Waals surface area contributed by atoms with Crippen LogP contribution in [0.15, 0.2) is 24.3 Å². The van der Waals surface area contributed by atoms with Gasteiger partial charge >= 0.3 is 5.97 Å². The summed E-state index contributed by atoms with van der Waals surface area (Å²) in [7, 11) is 0. The Morgan fingerprint density at radius 2 is 2.05 bits per heavy atom. The van der Waals surface area contributed by atoms with Gasteiger partial charge in [-0.25, -0.2) is 4.39 Å². The molecule has 1 saturated carbocycles. The van der Waals surface area contributed by atoms with E-state index in [1.807, 2.05) is 0 Å². The summed E-state index contributed by atoms with van der Waals surface area (Å²) in [6.07, 6.45) is 3.22. The fraction of sp³-hybridized carbons (Fsp3) is 0.500. The first kappa shape index (κ1) is 14.0. The second-order valence-corrected chi connectivity index (χ2v) is 5.87. The molecule has 5 heteroatoms. The van der Waals surface area contributed by atoms with Crippen LogP contribution in [0, 0.1) is 11.7 Å². The Kier molecular flexibility index (Phi) is 3.66. The van der Waals surface area contributed by atoms with Crippen LogP contribution in [-0.4, -0.2) is 27.9 Å². The number of carboxylic acid groups (broad SMARTS) is 1. The molecule has 1 aromatic rings. The molecule has 3 rings (SSSR count). The van der Waals surface area contributed by atoms with Crippen molar-refractivity contribution in [2.24, 2.45) is 5.92 Å². The molecule has 1 amide bonds. The van der Waals surface area contributed by atoms with Crippen molar-refractivity contribution in [3.05, 3.63) is 35.6 Å². The highest BCUT2D eigenvalue weighted by Crippen LogP contribution is 2.42. The van der Waals surface area contributed by atoms with Crippen molar-refractivity contribution < 1.29 is 19.1 Å². The van der Waals surface area contributed by atoms with Crippen molar-refractivity contribution in [1.82, 2.24) is 4.90 Å². The first-order chi connectivity index (χ1) is 10.1. The largest absolute Gasteiger partial charge is 0.481 e. The van der Waals surface area contributed by atoms with Gasteiger partial charge in [-0.2, -0.15) is 0 Å². The summed E-state index contributed by atoms with van der Waals surface area (Å²) < 4.78 is 13.5. The van der Waals surface area contributed by atoms with Gasteiger partial charge in [-0.1, -0.05) is 12.1 Å². The third-order valence-electron chi connectivity index (χ3n) is 4.32. The monoisotopic (exact) mass is 291 g/mol. The van der Waals surface area contributed by atoms with Gasteiger partial charge in [-0.05, 0) is 43.4 Å². The standard InChI is InChI=1S/C16H18FNO3/c17-11-4-1-3-10(9-11)15-13(16(20)21)5-2-6-14(19)18(15)12-7-8-12/h1,3-4,9,12-13,15H,2,5-8H2,(H,20,21). The number of hydrogen-bond acceptors (Lipinski definition) is 2. The summed E-state index contributed by atoms with van der Waals surface area (Å²) in [5.41, 5.74) is 0.588. The Hall–Kier alpha value is -1.91.